The number of fused-ring (bicyclic) bond motifs is 1. The van der Waals surface area contributed by atoms with Crippen molar-refractivity contribution in [3.63, 3.8) is 0 Å². The predicted octanol–water partition coefficient (Wildman–Crippen LogP) is 3.13. The zero-order chi connectivity index (χ0) is 18.5. The van der Waals surface area contributed by atoms with Gasteiger partial charge in [-0.3, -0.25) is 14.2 Å². The Morgan fingerprint density at radius 3 is 2.69 bits per heavy atom. The molecule has 1 amide bonds. The number of amides is 1. The van der Waals surface area contributed by atoms with E-state index in [9.17, 15) is 9.59 Å². The number of para-hydroxylation sites is 1. The van der Waals surface area contributed by atoms with Gasteiger partial charge in [-0.15, -0.1) is 0 Å². The molecular weight excluding hydrogens is 330 g/mol. The molecule has 0 unspecified atom stereocenters. The maximum Gasteiger partial charge on any atom is 0.261 e. The molecule has 6 heteroatoms. The van der Waals surface area contributed by atoms with Crippen molar-refractivity contribution >= 4 is 22.5 Å². The first-order valence-corrected chi connectivity index (χ1v) is 8.47. The van der Waals surface area contributed by atoms with Gasteiger partial charge in [0.1, 0.15) is 5.75 Å². The van der Waals surface area contributed by atoms with Crippen molar-refractivity contribution in [1.82, 2.24) is 9.55 Å². The fraction of sp³-hybridized carbons (Fsp3) is 0.250. The summed E-state index contributed by atoms with van der Waals surface area (Å²) < 4.78 is 6.64. The quantitative estimate of drug-likeness (QED) is 0.740. The monoisotopic (exact) mass is 351 g/mol. The van der Waals surface area contributed by atoms with Crippen molar-refractivity contribution in [3.05, 3.63) is 64.7 Å². The van der Waals surface area contributed by atoms with Crippen LogP contribution in [-0.2, 0) is 11.3 Å². The number of rotatable bonds is 6. The SMILES string of the molecule is COc1ccc(NC(=O)CCCn2cnc3c(C)cccc3c2=O)cc1. The largest absolute Gasteiger partial charge is 0.497 e. The Hall–Kier alpha value is -3.15. The molecule has 134 valence electrons. The molecule has 3 aromatic rings. The number of anilines is 1. The maximum atomic E-state index is 12.5. The highest BCUT2D eigenvalue weighted by molar-refractivity contribution is 5.90. The third-order valence-electron chi connectivity index (χ3n) is 4.23. The highest BCUT2D eigenvalue weighted by Crippen LogP contribution is 2.15. The minimum absolute atomic E-state index is 0.0748. The Morgan fingerprint density at radius 1 is 1.19 bits per heavy atom. The van der Waals surface area contributed by atoms with E-state index in [0.717, 1.165) is 22.5 Å². The number of aromatic nitrogens is 2. The summed E-state index contributed by atoms with van der Waals surface area (Å²) in [5.74, 6) is 0.647. The fourth-order valence-corrected chi connectivity index (χ4v) is 2.80. The van der Waals surface area contributed by atoms with E-state index < -0.39 is 0 Å². The summed E-state index contributed by atoms with van der Waals surface area (Å²) >= 11 is 0. The van der Waals surface area contributed by atoms with Crippen LogP contribution in [0, 0.1) is 6.92 Å². The van der Waals surface area contributed by atoms with Gasteiger partial charge in [0.2, 0.25) is 5.91 Å². The summed E-state index contributed by atoms with van der Waals surface area (Å²) in [4.78, 5) is 28.9. The molecule has 0 aliphatic rings. The van der Waals surface area contributed by atoms with Gasteiger partial charge < -0.3 is 10.1 Å². The zero-order valence-electron chi connectivity index (χ0n) is 14.9. The highest BCUT2D eigenvalue weighted by Gasteiger charge is 2.07. The van der Waals surface area contributed by atoms with Gasteiger partial charge in [-0.1, -0.05) is 12.1 Å². The minimum Gasteiger partial charge on any atom is -0.497 e. The van der Waals surface area contributed by atoms with Crippen molar-refractivity contribution in [1.29, 1.82) is 0 Å². The van der Waals surface area contributed by atoms with Gasteiger partial charge in [0.25, 0.3) is 5.56 Å². The van der Waals surface area contributed by atoms with Crippen LogP contribution in [0.5, 0.6) is 5.75 Å². The van der Waals surface area contributed by atoms with Gasteiger partial charge >= 0.3 is 0 Å². The minimum atomic E-state index is -0.0900. The number of methoxy groups -OCH3 is 1. The van der Waals surface area contributed by atoms with E-state index >= 15 is 0 Å². The van der Waals surface area contributed by atoms with Crippen molar-refractivity contribution in [2.45, 2.75) is 26.3 Å². The second-order valence-electron chi connectivity index (χ2n) is 6.09. The lowest BCUT2D eigenvalue weighted by Gasteiger charge is -2.08. The van der Waals surface area contributed by atoms with Crippen LogP contribution in [-0.4, -0.2) is 22.6 Å². The van der Waals surface area contributed by atoms with Gasteiger partial charge in [0.15, 0.2) is 0 Å². The third kappa shape index (κ3) is 3.91. The van der Waals surface area contributed by atoms with E-state index in [1.54, 1.807) is 48.3 Å². The Balaban J connectivity index is 1.59. The van der Waals surface area contributed by atoms with Crippen molar-refractivity contribution in [3.8, 4) is 5.75 Å². The van der Waals surface area contributed by atoms with E-state index in [1.807, 2.05) is 19.1 Å². The molecule has 1 N–H and O–H groups in total. The molecule has 26 heavy (non-hydrogen) atoms. The lowest BCUT2D eigenvalue weighted by Crippen LogP contribution is -2.22. The number of hydrogen-bond donors (Lipinski definition) is 1. The first-order valence-electron chi connectivity index (χ1n) is 8.47. The Labute approximate surface area is 151 Å². The van der Waals surface area contributed by atoms with Gasteiger partial charge in [-0.05, 0) is 49.2 Å². The first kappa shape index (κ1) is 17.7. The summed E-state index contributed by atoms with van der Waals surface area (Å²) in [5.41, 5.74) is 2.35. The van der Waals surface area contributed by atoms with Crippen LogP contribution < -0.4 is 15.6 Å². The summed E-state index contributed by atoms with van der Waals surface area (Å²) in [6, 6.07) is 12.7. The normalized spacial score (nSPS) is 10.7. The van der Waals surface area contributed by atoms with Gasteiger partial charge in [-0.25, -0.2) is 4.98 Å². The fourth-order valence-electron chi connectivity index (χ4n) is 2.80. The second kappa shape index (κ2) is 7.82. The van der Waals surface area contributed by atoms with Crippen LogP contribution >= 0.6 is 0 Å². The lowest BCUT2D eigenvalue weighted by atomic mass is 10.1. The number of nitrogens with zero attached hydrogens (tertiary/aromatic N) is 2. The Kier molecular flexibility index (Phi) is 5.31. The third-order valence-corrected chi connectivity index (χ3v) is 4.23. The average Bonchev–Trinajstić information content (AvgIpc) is 2.65. The molecule has 0 saturated carbocycles. The number of benzene rings is 2. The number of carbonyl (C=O) groups is 1. The smallest absolute Gasteiger partial charge is 0.261 e. The molecule has 0 aliphatic heterocycles. The molecule has 1 aromatic heterocycles. The summed E-state index contributed by atoms with van der Waals surface area (Å²) in [6.07, 6.45) is 2.43. The molecule has 6 nitrogen and oxygen atoms in total. The number of ether oxygens (including phenoxy) is 1. The van der Waals surface area contributed by atoms with Crippen molar-refractivity contribution in [2.24, 2.45) is 0 Å². The maximum absolute atomic E-state index is 12.5. The molecule has 1 heterocycles. The molecule has 0 spiro atoms. The van der Waals surface area contributed by atoms with Gasteiger partial charge in [0.05, 0.1) is 24.3 Å². The Morgan fingerprint density at radius 2 is 1.96 bits per heavy atom. The first-order chi connectivity index (χ1) is 12.6. The lowest BCUT2D eigenvalue weighted by molar-refractivity contribution is -0.116. The zero-order valence-corrected chi connectivity index (χ0v) is 14.9. The molecule has 2 aromatic carbocycles. The van der Waals surface area contributed by atoms with E-state index in [4.69, 9.17) is 4.74 Å². The number of carbonyl (C=O) groups excluding carboxylic acids is 1. The van der Waals surface area contributed by atoms with Crippen molar-refractivity contribution < 1.29 is 9.53 Å². The van der Waals surface area contributed by atoms with Crippen LogP contribution in [0.1, 0.15) is 18.4 Å². The van der Waals surface area contributed by atoms with Crippen LogP contribution in [0.3, 0.4) is 0 Å². The molecule has 3 rings (SSSR count). The molecule has 0 radical (unpaired) electrons. The molecule has 0 bridgehead atoms. The topological polar surface area (TPSA) is 73.2 Å². The molecular formula is C20H21N3O3. The predicted molar refractivity (Wildman–Crippen MR) is 102 cm³/mol. The van der Waals surface area contributed by atoms with Gasteiger partial charge in [0, 0.05) is 18.7 Å². The number of nitrogens with one attached hydrogen (secondary N) is 1. The molecule has 0 atom stereocenters. The number of hydrogen-bond acceptors (Lipinski definition) is 4. The van der Waals surface area contributed by atoms with E-state index in [2.05, 4.69) is 10.3 Å². The Bertz CT molecular complexity index is 978. The van der Waals surface area contributed by atoms with Crippen LogP contribution in [0.25, 0.3) is 10.9 Å². The highest BCUT2D eigenvalue weighted by atomic mass is 16.5. The molecule has 0 aliphatic carbocycles. The van der Waals surface area contributed by atoms with Gasteiger partial charge in [-0.2, -0.15) is 0 Å². The van der Waals surface area contributed by atoms with E-state index in [0.29, 0.717) is 24.8 Å². The summed E-state index contributed by atoms with van der Waals surface area (Å²) in [6.45, 7) is 2.38. The van der Waals surface area contributed by atoms with Crippen molar-refractivity contribution in [2.75, 3.05) is 12.4 Å². The average molecular weight is 351 g/mol. The summed E-state index contributed by atoms with van der Waals surface area (Å²) in [5, 5.41) is 3.44. The molecule has 0 saturated heterocycles. The second-order valence-corrected chi connectivity index (χ2v) is 6.09. The van der Waals surface area contributed by atoms with E-state index in [-0.39, 0.29) is 11.5 Å². The van der Waals surface area contributed by atoms with E-state index in [1.165, 1.54) is 0 Å². The van der Waals surface area contributed by atoms with Crippen LogP contribution in [0.15, 0.2) is 53.6 Å². The van der Waals surface area contributed by atoms with Crippen LogP contribution in [0.2, 0.25) is 0 Å². The standard InChI is InChI=1S/C20H21N3O3/c1-14-5-3-6-17-19(14)21-13-23(20(17)25)12-4-7-18(24)22-15-8-10-16(26-2)11-9-15/h3,5-6,8-11,13H,4,7,12H2,1-2H3,(H,22,24). The molecule has 0 fully saturated rings. The van der Waals surface area contributed by atoms with Crippen LogP contribution in [0.4, 0.5) is 5.69 Å². The number of aryl methyl sites for hydroxylation is 2. The summed E-state index contributed by atoms with van der Waals surface area (Å²) in [7, 11) is 1.60.